The molecule has 26 heavy (non-hydrogen) atoms. The first-order valence-corrected chi connectivity index (χ1v) is 9.39. The van der Waals surface area contributed by atoms with Crippen molar-refractivity contribution in [3.05, 3.63) is 34.7 Å². The van der Waals surface area contributed by atoms with Crippen LogP contribution in [-0.2, 0) is 9.53 Å². The number of carbonyl (C=O) groups excluding carboxylic acids is 1. The summed E-state index contributed by atoms with van der Waals surface area (Å²) in [4.78, 5) is 30.3. The van der Waals surface area contributed by atoms with Crippen LogP contribution in [0.2, 0.25) is 0 Å². The van der Waals surface area contributed by atoms with Gasteiger partial charge in [0.1, 0.15) is 5.60 Å². The molecule has 0 atom stereocenters. The van der Waals surface area contributed by atoms with Gasteiger partial charge in [-0.15, -0.1) is 0 Å². The first kappa shape index (κ1) is 17.3. The number of carbonyl (C=O) groups is 1. The molecular weight excluding hydrogens is 332 g/mol. The third-order valence-electron chi connectivity index (χ3n) is 5.93. The summed E-state index contributed by atoms with van der Waals surface area (Å²) in [6.07, 6.45) is 2.99. The van der Waals surface area contributed by atoms with Crippen LogP contribution in [0.15, 0.2) is 29.1 Å². The van der Waals surface area contributed by atoms with Gasteiger partial charge in [0.25, 0.3) is 5.91 Å². The van der Waals surface area contributed by atoms with Crippen molar-refractivity contribution in [1.29, 1.82) is 0 Å². The smallest absolute Gasteiger partial charge is 0.326 e. The highest BCUT2D eigenvalue weighted by Gasteiger charge is 2.43. The molecule has 2 aliphatic heterocycles. The highest BCUT2D eigenvalue weighted by Crippen LogP contribution is 2.30. The van der Waals surface area contributed by atoms with Crippen molar-refractivity contribution in [3.8, 4) is 0 Å². The number of benzene rings is 1. The quantitative estimate of drug-likeness (QED) is 0.866. The molecule has 0 radical (unpaired) electrons. The molecule has 1 aromatic carbocycles. The molecule has 140 valence electrons. The lowest BCUT2D eigenvalue weighted by Crippen LogP contribution is -2.56. The molecule has 0 unspecified atom stereocenters. The molecule has 1 aromatic heterocycles. The molecule has 2 aliphatic rings. The van der Waals surface area contributed by atoms with E-state index in [2.05, 4.69) is 10.3 Å². The summed E-state index contributed by atoms with van der Waals surface area (Å²) in [6.45, 7) is 2.93. The van der Waals surface area contributed by atoms with Gasteiger partial charge in [-0.05, 0) is 50.9 Å². The van der Waals surface area contributed by atoms with Crippen LogP contribution in [0.5, 0.6) is 0 Å². The van der Waals surface area contributed by atoms with E-state index in [1.807, 2.05) is 33.7 Å². The number of fused-ring (bicyclic) bond motifs is 1. The van der Waals surface area contributed by atoms with Crippen molar-refractivity contribution in [2.45, 2.75) is 37.3 Å². The predicted octanol–water partition coefficient (Wildman–Crippen LogP) is 1.26. The highest BCUT2D eigenvalue weighted by molar-refractivity contribution is 5.85. The van der Waals surface area contributed by atoms with E-state index in [9.17, 15) is 9.59 Å². The fourth-order valence-electron chi connectivity index (χ4n) is 4.39. The van der Waals surface area contributed by atoms with Gasteiger partial charge < -0.3 is 19.9 Å². The average Bonchev–Trinajstić information content (AvgIpc) is 3.03. The van der Waals surface area contributed by atoms with E-state index in [0.29, 0.717) is 25.9 Å². The van der Waals surface area contributed by atoms with Crippen LogP contribution in [0.3, 0.4) is 0 Å². The molecule has 0 bridgehead atoms. The molecule has 2 fully saturated rings. The van der Waals surface area contributed by atoms with E-state index in [0.717, 1.165) is 37.0 Å². The number of methoxy groups -OCH3 is 1. The maximum absolute atomic E-state index is 13.1. The average molecular weight is 358 g/mol. The summed E-state index contributed by atoms with van der Waals surface area (Å²) in [5.74, 6) is 0.103. The third kappa shape index (κ3) is 2.85. The summed E-state index contributed by atoms with van der Waals surface area (Å²) in [6, 6.07) is 7.89. The maximum Gasteiger partial charge on any atom is 0.326 e. The second-order valence-corrected chi connectivity index (χ2v) is 7.29. The first-order valence-electron chi connectivity index (χ1n) is 9.39. The molecule has 0 spiro atoms. The first-order chi connectivity index (χ1) is 12.6. The van der Waals surface area contributed by atoms with Crippen molar-refractivity contribution < 1.29 is 9.53 Å². The molecule has 7 nitrogen and oxygen atoms in total. The fraction of sp³-hybridized carbons (Fsp3) is 0.579. The number of aromatic nitrogens is 2. The predicted molar refractivity (Wildman–Crippen MR) is 99.3 cm³/mol. The molecule has 1 amide bonds. The number of hydrogen-bond donors (Lipinski definition) is 2. The molecule has 3 heterocycles. The van der Waals surface area contributed by atoms with Crippen molar-refractivity contribution >= 4 is 16.9 Å². The number of amides is 1. The zero-order valence-corrected chi connectivity index (χ0v) is 15.2. The van der Waals surface area contributed by atoms with Crippen molar-refractivity contribution in [2.75, 3.05) is 33.3 Å². The Labute approximate surface area is 152 Å². The van der Waals surface area contributed by atoms with E-state index >= 15 is 0 Å². The van der Waals surface area contributed by atoms with Crippen LogP contribution >= 0.6 is 0 Å². The van der Waals surface area contributed by atoms with Crippen molar-refractivity contribution in [2.24, 2.45) is 0 Å². The van der Waals surface area contributed by atoms with Gasteiger partial charge in [0.05, 0.1) is 11.0 Å². The van der Waals surface area contributed by atoms with E-state index < -0.39 is 5.60 Å². The van der Waals surface area contributed by atoms with Gasteiger partial charge in [-0.2, -0.15) is 0 Å². The Kier molecular flexibility index (Phi) is 4.58. The van der Waals surface area contributed by atoms with Gasteiger partial charge in [0.2, 0.25) is 0 Å². The lowest BCUT2D eigenvalue weighted by Gasteiger charge is -2.41. The zero-order valence-electron chi connectivity index (χ0n) is 15.2. The minimum atomic E-state index is -0.685. The number of likely N-dealkylation sites (tertiary alicyclic amines) is 1. The topological polar surface area (TPSA) is 79.4 Å². The number of nitrogens with zero attached hydrogens (tertiary/aromatic N) is 2. The van der Waals surface area contributed by atoms with Crippen molar-refractivity contribution in [1.82, 2.24) is 19.8 Å². The van der Waals surface area contributed by atoms with Crippen LogP contribution in [-0.4, -0.2) is 59.2 Å². The monoisotopic (exact) mass is 358 g/mol. The Bertz CT molecular complexity index is 842. The minimum Gasteiger partial charge on any atom is -0.368 e. The summed E-state index contributed by atoms with van der Waals surface area (Å²) >= 11 is 0. The number of hydrogen-bond acceptors (Lipinski definition) is 4. The third-order valence-corrected chi connectivity index (χ3v) is 5.93. The molecule has 4 rings (SSSR count). The number of imidazole rings is 1. The zero-order chi connectivity index (χ0) is 18.1. The normalized spacial score (nSPS) is 21.2. The van der Waals surface area contributed by atoms with Crippen LogP contribution < -0.4 is 11.0 Å². The molecule has 7 heteroatoms. The SMILES string of the molecule is COC1(C(=O)N2CCC(n3c(=O)[nH]c4ccccc43)CC2)CCNCC1. The molecule has 2 saturated heterocycles. The highest BCUT2D eigenvalue weighted by atomic mass is 16.5. The van der Waals surface area contributed by atoms with E-state index in [4.69, 9.17) is 4.74 Å². The number of rotatable bonds is 3. The standard InChI is InChI=1S/C19H26N4O3/c1-26-19(8-10-20-11-9-19)17(24)22-12-6-14(7-13-22)23-16-5-3-2-4-15(16)21-18(23)25/h2-5,14,20H,6-13H2,1H3,(H,21,25). The minimum absolute atomic E-state index is 0.0670. The Morgan fingerprint density at radius 3 is 2.58 bits per heavy atom. The Morgan fingerprint density at radius 1 is 1.19 bits per heavy atom. The number of H-pyrrole nitrogens is 1. The lowest BCUT2D eigenvalue weighted by atomic mass is 9.89. The van der Waals surface area contributed by atoms with Crippen LogP contribution in [0.1, 0.15) is 31.7 Å². The number of piperidine rings is 2. The summed E-state index contributed by atoms with van der Waals surface area (Å²) < 4.78 is 7.53. The summed E-state index contributed by atoms with van der Waals surface area (Å²) in [7, 11) is 1.64. The Morgan fingerprint density at radius 2 is 1.88 bits per heavy atom. The van der Waals surface area contributed by atoms with E-state index in [-0.39, 0.29) is 17.6 Å². The van der Waals surface area contributed by atoms with Gasteiger partial charge in [0, 0.05) is 26.2 Å². The molecule has 0 saturated carbocycles. The number of aromatic amines is 1. The van der Waals surface area contributed by atoms with Gasteiger partial charge in [-0.25, -0.2) is 4.79 Å². The second-order valence-electron chi connectivity index (χ2n) is 7.29. The molecule has 2 aromatic rings. The largest absolute Gasteiger partial charge is 0.368 e. The number of para-hydroxylation sites is 2. The van der Waals surface area contributed by atoms with Gasteiger partial charge in [0.15, 0.2) is 0 Å². The maximum atomic E-state index is 13.1. The van der Waals surface area contributed by atoms with Crippen LogP contribution in [0.25, 0.3) is 11.0 Å². The molecule has 2 N–H and O–H groups in total. The second kappa shape index (κ2) is 6.89. The van der Waals surface area contributed by atoms with Gasteiger partial charge >= 0.3 is 5.69 Å². The van der Waals surface area contributed by atoms with E-state index in [1.54, 1.807) is 7.11 Å². The van der Waals surface area contributed by atoms with Crippen molar-refractivity contribution in [3.63, 3.8) is 0 Å². The Balaban J connectivity index is 1.49. The summed E-state index contributed by atoms with van der Waals surface area (Å²) in [5, 5.41) is 3.29. The number of nitrogens with one attached hydrogen (secondary N) is 2. The van der Waals surface area contributed by atoms with Crippen LogP contribution in [0, 0.1) is 0 Å². The molecular formula is C19H26N4O3. The van der Waals surface area contributed by atoms with Gasteiger partial charge in [-0.3, -0.25) is 9.36 Å². The molecule has 0 aliphatic carbocycles. The Hall–Kier alpha value is -2.12. The number of ether oxygens (including phenoxy) is 1. The van der Waals surface area contributed by atoms with E-state index in [1.165, 1.54) is 0 Å². The lowest BCUT2D eigenvalue weighted by molar-refractivity contribution is -0.159. The van der Waals surface area contributed by atoms with Gasteiger partial charge in [-0.1, -0.05) is 12.1 Å². The summed E-state index contributed by atoms with van der Waals surface area (Å²) in [5.41, 5.74) is 1.05. The fourth-order valence-corrected chi connectivity index (χ4v) is 4.39. The van der Waals surface area contributed by atoms with Crippen LogP contribution in [0.4, 0.5) is 0 Å².